The number of carbonyl (C=O) groups is 1. The number of hydrogen-bond acceptors (Lipinski definition) is 3. The van der Waals surface area contributed by atoms with Crippen LogP contribution in [0.25, 0.3) is 0 Å². The van der Waals surface area contributed by atoms with E-state index in [-0.39, 0.29) is 11.7 Å². The Kier molecular flexibility index (Phi) is 4.75. The van der Waals surface area contributed by atoms with Gasteiger partial charge in [0.1, 0.15) is 5.78 Å². The van der Waals surface area contributed by atoms with Crippen molar-refractivity contribution >= 4 is 17.4 Å². The quantitative estimate of drug-likeness (QED) is 0.839. The number of hydrogen-bond donors (Lipinski definition) is 0. The molecule has 0 amide bonds. The van der Waals surface area contributed by atoms with Crippen LogP contribution >= 0.6 is 11.6 Å². The van der Waals surface area contributed by atoms with Gasteiger partial charge in [-0.3, -0.25) is 9.69 Å². The van der Waals surface area contributed by atoms with Gasteiger partial charge in [-0.05, 0) is 24.6 Å². The second kappa shape index (κ2) is 6.32. The van der Waals surface area contributed by atoms with Gasteiger partial charge in [0, 0.05) is 24.7 Å². The van der Waals surface area contributed by atoms with Crippen molar-refractivity contribution in [1.82, 2.24) is 4.90 Å². The van der Waals surface area contributed by atoms with Crippen molar-refractivity contribution in [2.45, 2.75) is 12.8 Å². The molecule has 98 valence electrons. The third-order valence-electron chi connectivity index (χ3n) is 3.31. The van der Waals surface area contributed by atoms with Crippen LogP contribution in [0.3, 0.4) is 0 Å². The van der Waals surface area contributed by atoms with E-state index in [1.165, 1.54) is 0 Å². The zero-order chi connectivity index (χ0) is 13.0. The predicted octanol–water partition coefficient (Wildman–Crippen LogP) is 2.34. The van der Waals surface area contributed by atoms with Crippen LogP contribution < -0.4 is 0 Å². The summed E-state index contributed by atoms with van der Waals surface area (Å²) in [5.74, 6) is 0.129. The molecule has 1 saturated heterocycles. The van der Waals surface area contributed by atoms with Gasteiger partial charge in [0.15, 0.2) is 0 Å². The minimum atomic E-state index is -0.0691. The van der Waals surface area contributed by atoms with E-state index in [1.54, 1.807) is 6.92 Å². The SMILES string of the molecule is CC(=O)[C@H](CN1CCOCC1)c1ccc(Cl)cc1. The lowest BCUT2D eigenvalue weighted by molar-refractivity contribution is -0.119. The first kappa shape index (κ1) is 13.5. The number of benzene rings is 1. The molecule has 0 aromatic heterocycles. The fourth-order valence-electron chi connectivity index (χ4n) is 2.21. The number of carbonyl (C=O) groups excluding carboxylic acids is 1. The Bertz CT molecular complexity index is 399. The number of ketones is 1. The van der Waals surface area contributed by atoms with Crippen LogP contribution in [0.2, 0.25) is 5.02 Å². The first-order valence-corrected chi connectivity index (χ1v) is 6.60. The summed E-state index contributed by atoms with van der Waals surface area (Å²) in [6.45, 7) is 5.73. The molecule has 0 saturated carbocycles. The second-order valence-electron chi connectivity index (χ2n) is 4.63. The number of nitrogens with zero attached hydrogens (tertiary/aromatic N) is 1. The molecule has 1 aliphatic rings. The number of Topliss-reactive ketones (excluding diaryl/α,β-unsaturated/α-hetero) is 1. The maximum atomic E-state index is 11.8. The molecule has 1 aromatic rings. The first-order valence-electron chi connectivity index (χ1n) is 6.23. The highest BCUT2D eigenvalue weighted by Gasteiger charge is 2.21. The van der Waals surface area contributed by atoms with Gasteiger partial charge in [-0.25, -0.2) is 0 Å². The van der Waals surface area contributed by atoms with Crippen molar-refractivity contribution in [3.05, 3.63) is 34.9 Å². The topological polar surface area (TPSA) is 29.5 Å². The Labute approximate surface area is 113 Å². The van der Waals surface area contributed by atoms with E-state index in [4.69, 9.17) is 16.3 Å². The lowest BCUT2D eigenvalue weighted by Gasteiger charge is -2.29. The molecule has 1 atom stereocenters. The lowest BCUT2D eigenvalue weighted by Crippen LogP contribution is -2.40. The van der Waals surface area contributed by atoms with Gasteiger partial charge in [-0.2, -0.15) is 0 Å². The molecule has 2 rings (SSSR count). The number of ether oxygens (including phenoxy) is 1. The normalized spacial score (nSPS) is 18.6. The second-order valence-corrected chi connectivity index (χ2v) is 5.06. The van der Waals surface area contributed by atoms with E-state index >= 15 is 0 Å². The molecule has 4 heteroatoms. The summed E-state index contributed by atoms with van der Waals surface area (Å²) in [5.41, 5.74) is 1.04. The summed E-state index contributed by atoms with van der Waals surface area (Å²) in [5, 5.41) is 0.701. The van der Waals surface area contributed by atoms with Crippen molar-refractivity contribution in [3.63, 3.8) is 0 Å². The van der Waals surface area contributed by atoms with E-state index in [1.807, 2.05) is 24.3 Å². The third-order valence-corrected chi connectivity index (χ3v) is 3.56. The highest BCUT2D eigenvalue weighted by molar-refractivity contribution is 6.30. The van der Waals surface area contributed by atoms with Crippen molar-refractivity contribution in [2.24, 2.45) is 0 Å². The van der Waals surface area contributed by atoms with Crippen LogP contribution in [0.4, 0.5) is 0 Å². The molecule has 0 bridgehead atoms. The number of halogens is 1. The van der Waals surface area contributed by atoms with Crippen LogP contribution in [0.5, 0.6) is 0 Å². The van der Waals surface area contributed by atoms with Crippen LogP contribution in [-0.2, 0) is 9.53 Å². The molecule has 1 heterocycles. The minimum absolute atomic E-state index is 0.0691. The molecule has 0 radical (unpaired) electrons. The number of rotatable bonds is 4. The Balaban J connectivity index is 2.07. The van der Waals surface area contributed by atoms with Gasteiger partial charge in [0.25, 0.3) is 0 Å². The molecule has 0 unspecified atom stereocenters. The zero-order valence-electron chi connectivity index (χ0n) is 10.6. The van der Waals surface area contributed by atoms with Crippen LogP contribution in [0.15, 0.2) is 24.3 Å². The van der Waals surface area contributed by atoms with Crippen LogP contribution in [0, 0.1) is 0 Å². The van der Waals surface area contributed by atoms with E-state index in [0.717, 1.165) is 38.4 Å². The molecular formula is C14H18ClNO2. The van der Waals surface area contributed by atoms with E-state index in [0.29, 0.717) is 5.02 Å². The van der Waals surface area contributed by atoms with Crippen molar-refractivity contribution in [2.75, 3.05) is 32.8 Å². The van der Waals surface area contributed by atoms with E-state index in [2.05, 4.69) is 4.90 Å². The van der Waals surface area contributed by atoms with E-state index < -0.39 is 0 Å². The number of morpholine rings is 1. The average Bonchev–Trinajstić information content (AvgIpc) is 2.38. The van der Waals surface area contributed by atoms with Gasteiger partial charge >= 0.3 is 0 Å². The monoisotopic (exact) mass is 267 g/mol. The predicted molar refractivity (Wildman–Crippen MR) is 72.1 cm³/mol. The lowest BCUT2D eigenvalue weighted by atomic mass is 9.95. The fourth-order valence-corrected chi connectivity index (χ4v) is 2.33. The molecule has 1 fully saturated rings. The summed E-state index contributed by atoms with van der Waals surface area (Å²) in [4.78, 5) is 14.1. The van der Waals surface area contributed by atoms with Crippen LogP contribution in [0.1, 0.15) is 18.4 Å². The van der Waals surface area contributed by atoms with Gasteiger partial charge in [-0.15, -0.1) is 0 Å². The Hall–Kier alpha value is -0.900. The first-order chi connectivity index (χ1) is 8.66. The Morgan fingerprint density at radius 2 is 1.94 bits per heavy atom. The molecular weight excluding hydrogens is 250 g/mol. The minimum Gasteiger partial charge on any atom is -0.379 e. The summed E-state index contributed by atoms with van der Waals surface area (Å²) in [6, 6.07) is 7.56. The summed E-state index contributed by atoms with van der Waals surface area (Å²) >= 11 is 5.88. The smallest absolute Gasteiger partial charge is 0.138 e. The molecule has 3 nitrogen and oxygen atoms in total. The highest BCUT2D eigenvalue weighted by atomic mass is 35.5. The molecule has 0 spiro atoms. The standard InChI is InChI=1S/C14H18ClNO2/c1-11(17)14(10-16-6-8-18-9-7-16)12-2-4-13(15)5-3-12/h2-5,14H,6-10H2,1H3/t14-/m0/s1. The zero-order valence-corrected chi connectivity index (χ0v) is 11.3. The Morgan fingerprint density at radius 3 is 2.50 bits per heavy atom. The van der Waals surface area contributed by atoms with Gasteiger partial charge in [0.05, 0.1) is 19.1 Å². The van der Waals surface area contributed by atoms with Crippen LogP contribution in [-0.4, -0.2) is 43.5 Å². The van der Waals surface area contributed by atoms with E-state index in [9.17, 15) is 4.79 Å². The Morgan fingerprint density at radius 1 is 1.33 bits per heavy atom. The van der Waals surface area contributed by atoms with Crippen molar-refractivity contribution < 1.29 is 9.53 Å². The molecule has 0 aliphatic carbocycles. The van der Waals surface area contributed by atoms with Crippen molar-refractivity contribution in [3.8, 4) is 0 Å². The molecule has 0 N–H and O–H groups in total. The maximum Gasteiger partial charge on any atom is 0.138 e. The summed E-state index contributed by atoms with van der Waals surface area (Å²) < 4.78 is 5.32. The highest BCUT2D eigenvalue weighted by Crippen LogP contribution is 2.21. The van der Waals surface area contributed by atoms with Gasteiger partial charge < -0.3 is 4.74 Å². The maximum absolute atomic E-state index is 11.8. The summed E-state index contributed by atoms with van der Waals surface area (Å²) in [6.07, 6.45) is 0. The average molecular weight is 268 g/mol. The van der Waals surface area contributed by atoms with Gasteiger partial charge in [0.2, 0.25) is 0 Å². The fraction of sp³-hybridized carbons (Fsp3) is 0.500. The molecule has 1 aromatic carbocycles. The summed E-state index contributed by atoms with van der Waals surface area (Å²) in [7, 11) is 0. The third kappa shape index (κ3) is 3.55. The largest absolute Gasteiger partial charge is 0.379 e. The van der Waals surface area contributed by atoms with Gasteiger partial charge in [-0.1, -0.05) is 23.7 Å². The van der Waals surface area contributed by atoms with Crippen molar-refractivity contribution in [1.29, 1.82) is 0 Å². The molecule has 18 heavy (non-hydrogen) atoms. The molecule has 1 aliphatic heterocycles.